The topological polar surface area (TPSA) is 175 Å². The zero-order valence-electron chi connectivity index (χ0n) is 50.7. The molecule has 1 heterocycles. The minimum atomic E-state index is -1.62. The molecule has 11 heteroatoms. The highest BCUT2D eigenvalue weighted by molar-refractivity contribution is 5.80. The summed E-state index contributed by atoms with van der Waals surface area (Å²) in [5.74, 6) is -1.20. The van der Waals surface area contributed by atoms with Gasteiger partial charge < -0.3 is 45.1 Å². The fourth-order valence-electron chi connectivity index (χ4n) is 9.97. The number of amides is 1. The molecule has 0 bridgehead atoms. The van der Waals surface area contributed by atoms with E-state index in [1.54, 1.807) is 6.08 Å². The smallest absolute Gasteiger partial charge is 0.306 e. The highest BCUT2D eigenvalue weighted by Gasteiger charge is 2.47. The van der Waals surface area contributed by atoms with Crippen molar-refractivity contribution >= 4 is 11.9 Å². The van der Waals surface area contributed by atoms with E-state index in [4.69, 9.17) is 14.2 Å². The van der Waals surface area contributed by atoms with Gasteiger partial charge in [0.05, 0.1) is 25.4 Å². The van der Waals surface area contributed by atoms with Crippen LogP contribution < -0.4 is 5.32 Å². The van der Waals surface area contributed by atoms with Crippen molar-refractivity contribution < 1.29 is 49.3 Å². The Morgan fingerprint density at radius 2 is 0.911 bits per heavy atom. The van der Waals surface area contributed by atoms with Gasteiger partial charge >= 0.3 is 5.97 Å². The second-order valence-electron chi connectivity index (χ2n) is 22.5. The van der Waals surface area contributed by atoms with Crippen molar-refractivity contribution in [2.24, 2.45) is 0 Å². The number of nitrogens with one attached hydrogen (secondary N) is 1. The zero-order chi connectivity index (χ0) is 57.5. The van der Waals surface area contributed by atoms with Crippen molar-refractivity contribution in [3.8, 4) is 0 Å². The number of hydrogen-bond donors (Lipinski definition) is 6. The van der Waals surface area contributed by atoms with Gasteiger partial charge in [-0.05, 0) is 70.6 Å². The molecule has 1 amide bonds. The summed E-state index contributed by atoms with van der Waals surface area (Å²) in [4.78, 5) is 26.6. The van der Waals surface area contributed by atoms with Crippen LogP contribution in [0.2, 0.25) is 0 Å². The summed E-state index contributed by atoms with van der Waals surface area (Å²) in [6.45, 7) is 5.69. The lowest BCUT2D eigenvalue weighted by Crippen LogP contribution is -2.61. The SMILES string of the molecule is CC/C=C\C/C=C\C/C=C\C/C=C\C/C=C\CCCCCCCCC(O)C(=O)NC(COC1OC(CO)C(O)C(O)C1OC(=O)CCCCCCCCCCCCCCCCC)C(O)/C=C/CCCCCCCCCCCCC. The van der Waals surface area contributed by atoms with Gasteiger partial charge in [-0.3, -0.25) is 9.59 Å². The van der Waals surface area contributed by atoms with Gasteiger partial charge in [0.1, 0.15) is 24.4 Å². The second kappa shape index (κ2) is 55.6. The largest absolute Gasteiger partial charge is 0.454 e. The Labute approximate surface area is 483 Å². The van der Waals surface area contributed by atoms with Crippen molar-refractivity contribution in [2.45, 2.75) is 333 Å². The fraction of sp³-hybridized carbons (Fsp3) is 0.794. The molecule has 1 saturated heterocycles. The van der Waals surface area contributed by atoms with E-state index in [-0.39, 0.29) is 19.4 Å². The van der Waals surface area contributed by atoms with Crippen LogP contribution in [-0.2, 0) is 23.8 Å². The first-order chi connectivity index (χ1) is 38.7. The molecule has 0 aliphatic carbocycles. The number of unbranched alkanes of at least 4 members (excludes halogenated alkanes) is 31. The lowest BCUT2D eigenvalue weighted by Gasteiger charge is -2.41. The van der Waals surface area contributed by atoms with Gasteiger partial charge in [-0.25, -0.2) is 0 Å². The predicted octanol–water partition coefficient (Wildman–Crippen LogP) is 16.0. The maximum atomic E-state index is 13.5. The van der Waals surface area contributed by atoms with Crippen LogP contribution in [0, 0.1) is 0 Å². The minimum Gasteiger partial charge on any atom is -0.454 e. The highest BCUT2D eigenvalue weighted by atomic mass is 16.7. The van der Waals surface area contributed by atoms with Crippen LogP contribution in [0.25, 0.3) is 0 Å². The van der Waals surface area contributed by atoms with Crippen LogP contribution in [-0.4, -0.2) is 99.6 Å². The van der Waals surface area contributed by atoms with Crippen LogP contribution in [0.15, 0.2) is 72.9 Å². The van der Waals surface area contributed by atoms with Crippen molar-refractivity contribution in [2.75, 3.05) is 13.2 Å². The van der Waals surface area contributed by atoms with Crippen LogP contribution in [0.3, 0.4) is 0 Å². The summed E-state index contributed by atoms with van der Waals surface area (Å²) in [6, 6.07) is -1.03. The molecule has 1 fully saturated rings. The molecule has 0 spiro atoms. The summed E-state index contributed by atoms with van der Waals surface area (Å²) >= 11 is 0. The third-order valence-electron chi connectivity index (χ3n) is 15.1. The van der Waals surface area contributed by atoms with Crippen LogP contribution in [0.5, 0.6) is 0 Å². The Morgan fingerprint density at radius 1 is 0.506 bits per heavy atom. The van der Waals surface area contributed by atoms with E-state index in [1.165, 1.54) is 128 Å². The lowest BCUT2D eigenvalue weighted by molar-refractivity contribution is -0.305. The van der Waals surface area contributed by atoms with Crippen molar-refractivity contribution in [1.82, 2.24) is 5.32 Å². The molecule has 8 unspecified atom stereocenters. The van der Waals surface area contributed by atoms with E-state index in [1.807, 2.05) is 6.08 Å². The van der Waals surface area contributed by atoms with Crippen molar-refractivity contribution in [3.05, 3.63) is 72.9 Å². The number of ether oxygens (including phenoxy) is 3. The van der Waals surface area contributed by atoms with Crippen LogP contribution in [0.4, 0.5) is 0 Å². The normalized spacial score (nSPS) is 19.3. The fourth-order valence-corrected chi connectivity index (χ4v) is 9.97. The zero-order valence-corrected chi connectivity index (χ0v) is 50.7. The van der Waals surface area contributed by atoms with Crippen LogP contribution >= 0.6 is 0 Å². The number of aliphatic hydroxyl groups is 5. The molecule has 6 N–H and O–H groups in total. The Bertz CT molecular complexity index is 1560. The number of carbonyl (C=O) groups is 2. The summed E-state index contributed by atoms with van der Waals surface area (Å²) in [5, 5.41) is 57.1. The first-order valence-corrected chi connectivity index (χ1v) is 32.7. The van der Waals surface area contributed by atoms with Gasteiger partial charge in [-0.2, -0.15) is 0 Å². The summed E-state index contributed by atoms with van der Waals surface area (Å²) in [6.07, 6.45) is 60.7. The summed E-state index contributed by atoms with van der Waals surface area (Å²) in [5.41, 5.74) is 0. The molecule has 11 nitrogen and oxygen atoms in total. The monoisotopic (exact) mass is 1110 g/mol. The summed E-state index contributed by atoms with van der Waals surface area (Å²) in [7, 11) is 0. The van der Waals surface area contributed by atoms with Gasteiger partial charge in [0.15, 0.2) is 12.4 Å². The maximum Gasteiger partial charge on any atom is 0.306 e. The van der Waals surface area contributed by atoms with Crippen molar-refractivity contribution in [1.29, 1.82) is 0 Å². The third kappa shape index (κ3) is 43.5. The number of carbonyl (C=O) groups excluding carboxylic acids is 2. The average molecular weight is 1110 g/mol. The van der Waals surface area contributed by atoms with Crippen molar-refractivity contribution in [3.63, 3.8) is 0 Å². The highest BCUT2D eigenvalue weighted by Crippen LogP contribution is 2.26. The molecule has 1 aliphatic heterocycles. The van der Waals surface area contributed by atoms with E-state index in [9.17, 15) is 35.1 Å². The number of hydrogen-bond acceptors (Lipinski definition) is 10. The van der Waals surface area contributed by atoms with E-state index in [0.717, 1.165) is 109 Å². The molecular formula is C68H121NO10. The van der Waals surface area contributed by atoms with E-state index >= 15 is 0 Å². The van der Waals surface area contributed by atoms with E-state index < -0.39 is 67.4 Å². The number of rotatable bonds is 55. The molecule has 1 aliphatic rings. The number of aliphatic hydroxyl groups excluding tert-OH is 5. The summed E-state index contributed by atoms with van der Waals surface area (Å²) < 4.78 is 17.6. The van der Waals surface area contributed by atoms with Gasteiger partial charge in [0.2, 0.25) is 5.91 Å². The molecule has 0 aromatic carbocycles. The third-order valence-corrected chi connectivity index (χ3v) is 15.1. The van der Waals surface area contributed by atoms with Gasteiger partial charge in [-0.15, -0.1) is 0 Å². The lowest BCUT2D eigenvalue weighted by atomic mass is 9.99. The van der Waals surface area contributed by atoms with Gasteiger partial charge in [0, 0.05) is 6.42 Å². The quantitative estimate of drug-likeness (QED) is 0.0195. The van der Waals surface area contributed by atoms with Crippen LogP contribution in [0.1, 0.15) is 284 Å². The molecule has 79 heavy (non-hydrogen) atoms. The minimum absolute atomic E-state index is 0.124. The average Bonchev–Trinajstić information content (AvgIpc) is 3.49. The van der Waals surface area contributed by atoms with Gasteiger partial charge in [0.25, 0.3) is 0 Å². The Balaban J connectivity index is 2.67. The molecule has 0 radical (unpaired) electrons. The predicted molar refractivity (Wildman–Crippen MR) is 329 cm³/mol. The maximum absolute atomic E-state index is 13.5. The molecule has 458 valence electrons. The molecular weight excluding hydrogens is 991 g/mol. The number of allylic oxidation sites excluding steroid dienone is 11. The van der Waals surface area contributed by atoms with E-state index in [0.29, 0.717) is 12.8 Å². The Morgan fingerprint density at radius 3 is 1.37 bits per heavy atom. The standard InChI is InChI=1S/C68H121NO10/c1-4-7-10-13-16-19-22-25-27-28-29-30-31-32-33-35-37-40-43-46-49-52-55-61(72)67(76)69-59(60(71)54-51-48-45-42-39-36-24-21-18-15-12-9-6-3)58-77-68-66(65(75)64(74)62(57-70)78-68)79-63(73)56-53-50-47-44-41-38-34-26-23-20-17-14-11-8-5-2/h7,10,16,19,25,27,29-30,32-33,51,54,59-62,64-66,68,70-72,74-75H,4-6,8-9,11-15,17-18,20-24,26,28,31,34-50,52-53,55-58H2,1-3H3,(H,69,76)/b10-7-,19-16-,27-25-,30-29-,33-32-,54-51+. The molecule has 0 aromatic heterocycles. The second-order valence-corrected chi connectivity index (χ2v) is 22.5. The Kier molecular flexibility index (Phi) is 52.2. The molecule has 8 atom stereocenters. The van der Waals surface area contributed by atoms with Gasteiger partial charge in [-0.1, -0.05) is 280 Å². The molecule has 0 aromatic rings. The number of esters is 1. The molecule has 1 rings (SSSR count). The Hall–Kier alpha value is -2.90. The first kappa shape index (κ1) is 74.1. The van der Waals surface area contributed by atoms with E-state index in [2.05, 4.69) is 86.8 Å². The molecule has 0 saturated carbocycles. The first-order valence-electron chi connectivity index (χ1n) is 32.7.